The molecule has 0 atom stereocenters. The lowest BCUT2D eigenvalue weighted by atomic mass is 10.1. The van der Waals surface area contributed by atoms with Gasteiger partial charge in [-0.05, 0) is 31.0 Å². The van der Waals surface area contributed by atoms with Crippen molar-refractivity contribution in [3.8, 4) is 17.2 Å². The second-order valence-corrected chi connectivity index (χ2v) is 15.2. The Kier molecular flexibility index (Phi) is 6.52. The van der Waals surface area contributed by atoms with Crippen molar-refractivity contribution < 1.29 is 18.3 Å². The fourth-order valence-electron chi connectivity index (χ4n) is 4.29. The van der Waals surface area contributed by atoms with Crippen molar-refractivity contribution in [2.45, 2.75) is 51.7 Å². The molecular formula is C27H28F2N6O2Si. The van der Waals surface area contributed by atoms with Crippen molar-refractivity contribution in [1.29, 1.82) is 0 Å². The van der Waals surface area contributed by atoms with Gasteiger partial charge in [0.15, 0.2) is 0 Å². The van der Waals surface area contributed by atoms with E-state index in [4.69, 9.17) is 10.5 Å². The van der Waals surface area contributed by atoms with E-state index in [0.29, 0.717) is 28.2 Å². The summed E-state index contributed by atoms with van der Waals surface area (Å²) < 4.78 is 32.8. The molecule has 11 heteroatoms. The number of hydrogen-bond donors (Lipinski definition) is 1. The molecule has 0 unspecified atom stereocenters. The zero-order valence-corrected chi connectivity index (χ0v) is 22.6. The van der Waals surface area contributed by atoms with Gasteiger partial charge in [-0.1, -0.05) is 25.6 Å². The van der Waals surface area contributed by atoms with E-state index < -0.39 is 14.7 Å². The molecule has 5 rings (SSSR count). The molecule has 0 radical (unpaired) electrons. The molecule has 1 saturated carbocycles. The van der Waals surface area contributed by atoms with Crippen LogP contribution in [0.15, 0.2) is 36.7 Å². The van der Waals surface area contributed by atoms with Crippen LogP contribution in [-0.2, 0) is 13.6 Å². The number of anilines is 1. The second kappa shape index (κ2) is 9.68. The fraction of sp³-hybridized carbons (Fsp3) is 0.333. The molecule has 0 saturated heterocycles. The topological polar surface area (TPSA) is 99.2 Å². The average molecular weight is 535 g/mol. The maximum Gasteiger partial charge on any atom is 0.387 e. The number of nitrogen functional groups attached to an aromatic ring is 1. The van der Waals surface area contributed by atoms with E-state index in [2.05, 4.69) is 46.2 Å². The highest BCUT2D eigenvalue weighted by atomic mass is 28.3. The molecule has 38 heavy (non-hydrogen) atoms. The van der Waals surface area contributed by atoms with Gasteiger partial charge in [0, 0.05) is 36.3 Å². The van der Waals surface area contributed by atoms with E-state index in [0.717, 1.165) is 29.1 Å². The first-order valence-electron chi connectivity index (χ1n) is 12.3. The van der Waals surface area contributed by atoms with Crippen LogP contribution in [0.5, 0.6) is 5.75 Å². The van der Waals surface area contributed by atoms with E-state index in [1.165, 1.54) is 12.3 Å². The number of fused-ring (bicyclic) bond motifs is 3. The third-order valence-electron chi connectivity index (χ3n) is 6.25. The van der Waals surface area contributed by atoms with Gasteiger partial charge >= 0.3 is 6.61 Å². The van der Waals surface area contributed by atoms with Gasteiger partial charge in [-0.15, -0.1) is 5.54 Å². The summed E-state index contributed by atoms with van der Waals surface area (Å²) in [6.07, 6.45) is 4.83. The molecule has 4 aromatic rings. The predicted molar refractivity (Wildman–Crippen MR) is 144 cm³/mol. The molecule has 1 aliphatic carbocycles. The van der Waals surface area contributed by atoms with Crippen molar-refractivity contribution in [2.24, 2.45) is 7.05 Å². The van der Waals surface area contributed by atoms with Gasteiger partial charge in [-0.25, -0.2) is 4.98 Å². The van der Waals surface area contributed by atoms with Crippen LogP contribution >= 0.6 is 0 Å². The Morgan fingerprint density at radius 1 is 1.24 bits per heavy atom. The van der Waals surface area contributed by atoms with Crippen molar-refractivity contribution in [3.05, 3.63) is 53.5 Å². The van der Waals surface area contributed by atoms with Crippen molar-refractivity contribution in [3.63, 3.8) is 0 Å². The largest absolute Gasteiger partial charge is 0.433 e. The minimum absolute atomic E-state index is 0.0353. The lowest BCUT2D eigenvalue weighted by Crippen LogP contribution is -2.33. The van der Waals surface area contributed by atoms with Crippen LogP contribution in [0.4, 0.5) is 14.6 Å². The van der Waals surface area contributed by atoms with Crippen LogP contribution in [0.2, 0.25) is 19.6 Å². The van der Waals surface area contributed by atoms with E-state index in [-0.39, 0.29) is 24.2 Å². The Morgan fingerprint density at radius 3 is 2.68 bits per heavy atom. The quantitative estimate of drug-likeness (QED) is 0.284. The van der Waals surface area contributed by atoms with Crippen LogP contribution in [-0.4, -0.2) is 51.3 Å². The summed E-state index contributed by atoms with van der Waals surface area (Å²) in [4.78, 5) is 24.3. The predicted octanol–water partition coefficient (Wildman–Crippen LogP) is 4.73. The van der Waals surface area contributed by atoms with E-state index in [1.54, 1.807) is 34.0 Å². The maximum absolute atomic E-state index is 13.7. The Morgan fingerprint density at radius 2 is 2.00 bits per heavy atom. The molecule has 2 N–H and O–H groups in total. The zero-order chi connectivity index (χ0) is 27.2. The first kappa shape index (κ1) is 25.6. The lowest BCUT2D eigenvalue weighted by Gasteiger charge is -2.23. The number of rotatable bonds is 6. The SMILES string of the molecule is Cn1ncc2c(N)nc3ccc(C(=O)N(Cc4cc(OC(F)F)c(C#C[Si](C)(C)C)cn4)C4CC4)cc3c21. The normalized spacial score (nSPS) is 13.6. The number of aromatic nitrogens is 4. The number of halogens is 2. The molecule has 3 heterocycles. The molecule has 8 nitrogen and oxygen atoms in total. The average Bonchev–Trinajstić information content (AvgIpc) is 3.61. The lowest BCUT2D eigenvalue weighted by molar-refractivity contribution is -0.0501. The van der Waals surface area contributed by atoms with Crippen molar-refractivity contribution in [2.75, 3.05) is 5.73 Å². The highest BCUT2D eigenvalue weighted by molar-refractivity contribution is 6.83. The number of ether oxygens (including phenoxy) is 1. The van der Waals surface area contributed by atoms with Crippen LogP contribution in [0.3, 0.4) is 0 Å². The summed E-state index contributed by atoms with van der Waals surface area (Å²) in [5.74, 6) is 3.12. The third kappa shape index (κ3) is 5.31. The number of benzene rings is 1. The first-order chi connectivity index (χ1) is 18.0. The number of aryl methyl sites for hydroxylation is 1. The summed E-state index contributed by atoms with van der Waals surface area (Å²) >= 11 is 0. The molecule has 0 bridgehead atoms. The highest BCUT2D eigenvalue weighted by Gasteiger charge is 2.34. The van der Waals surface area contributed by atoms with Crippen molar-refractivity contribution in [1.82, 2.24) is 24.6 Å². The van der Waals surface area contributed by atoms with E-state index >= 15 is 0 Å². The van der Waals surface area contributed by atoms with Crippen LogP contribution in [0.25, 0.3) is 21.8 Å². The molecule has 0 spiro atoms. The fourth-order valence-corrected chi connectivity index (χ4v) is 4.80. The Hall–Kier alpha value is -4.04. The minimum atomic E-state index is -3.00. The molecule has 1 fully saturated rings. The number of carbonyl (C=O) groups is 1. The number of alkyl halides is 2. The monoisotopic (exact) mass is 534 g/mol. The molecular weight excluding hydrogens is 506 g/mol. The van der Waals surface area contributed by atoms with Gasteiger partial charge in [0.2, 0.25) is 0 Å². The van der Waals surface area contributed by atoms with E-state index in [1.807, 2.05) is 7.05 Å². The Balaban J connectivity index is 1.48. The van der Waals surface area contributed by atoms with Gasteiger partial charge in [0.25, 0.3) is 5.91 Å². The number of nitrogens with zero attached hydrogens (tertiary/aromatic N) is 5. The van der Waals surface area contributed by atoms with Crippen LogP contribution < -0.4 is 10.5 Å². The van der Waals surface area contributed by atoms with Crippen LogP contribution in [0, 0.1) is 11.5 Å². The molecule has 0 aliphatic heterocycles. The zero-order valence-electron chi connectivity index (χ0n) is 21.6. The van der Waals surface area contributed by atoms with Crippen molar-refractivity contribution >= 4 is 41.6 Å². The molecule has 1 aliphatic rings. The number of amides is 1. The molecule has 1 amide bonds. The van der Waals surface area contributed by atoms with Gasteiger partial charge in [-0.2, -0.15) is 13.9 Å². The summed E-state index contributed by atoms with van der Waals surface area (Å²) in [6, 6.07) is 6.80. The summed E-state index contributed by atoms with van der Waals surface area (Å²) in [5, 5.41) is 5.78. The van der Waals surface area contributed by atoms with Gasteiger partial charge in [-0.3, -0.25) is 14.5 Å². The van der Waals surface area contributed by atoms with Gasteiger partial charge in [0.05, 0.1) is 40.4 Å². The minimum Gasteiger partial charge on any atom is -0.433 e. The smallest absolute Gasteiger partial charge is 0.387 e. The molecule has 3 aromatic heterocycles. The highest BCUT2D eigenvalue weighted by Crippen LogP contribution is 2.33. The van der Waals surface area contributed by atoms with Gasteiger partial charge < -0.3 is 15.4 Å². The standard InChI is InChI=1S/C27H28F2N6O2Si/c1-34-24-20-11-16(5-8-22(20)33-25(30)21(24)14-32-34)26(36)35(19-6-7-19)15-18-12-23(37-27(28)29)17(13-31-18)9-10-38(2,3)4/h5,8,11-14,19,27H,6-7,15H2,1-4H3,(H2,30,33). The first-order valence-corrected chi connectivity index (χ1v) is 15.8. The summed E-state index contributed by atoms with van der Waals surface area (Å²) in [6.45, 7) is 3.34. The van der Waals surface area contributed by atoms with Crippen LogP contribution in [0.1, 0.15) is 34.5 Å². The number of pyridine rings is 2. The second-order valence-electron chi connectivity index (χ2n) is 10.5. The summed E-state index contributed by atoms with van der Waals surface area (Å²) in [5.41, 5.74) is 12.0. The maximum atomic E-state index is 13.7. The molecule has 1 aromatic carbocycles. The third-order valence-corrected chi connectivity index (χ3v) is 7.12. The van der Waals surface area contributed by atoms with E-state index in [9.17, 15) is 13.6 Å². The Labute approximate surface area is 219 Å². The Bertz CT molecular complexity index is 1620. The molecule has 196 valence electrons. The number of hydrogen-bond acceptors (Lipinski definition) is 6. The number of nitrogens with two attached hydrogens (primary N) is 1. The van der Waals surface area contributed by atoms with Gasteiger partial charge in [0.1, 0.15) is 19.6 Å². The summed E-state index contributed by atoms with van der Waals surface area (Å²) in [7, 11) is 0.0715. The number of carbonyl (C=O) groups excluding carboxylic acids is 1.